The van der Waals surface area contributed by atoms with Gasteiger partial charge in [-0.05, 0) is 46.7 Å². The number of hydrogen-bond acceptors (Lipinski definition) is 6. The predicted octanol–water partition coefficient (Wildman–Crippen LogP) is 3.72. The molecule has 4 rings (SSSR count). The smallest absolute Gasteiger partial charge is 0.270 e. The van der Waals surface area contributed by atoms with E-state index in [4.69, 9.17) is 0 Å². The Morgan fingerprint density at radius 1 is 1.10 bits per heavy atom. The molecule has 2 aromatic carbocycles. The summed E-state index contributed by atoms with van der Waals surface area (Å²) in [6.07, 6.45) is 1.60. The Labute approximate surface area is 195 Å². The molecule has 0 spiro atoms. The van der Waals surface area contributed by atoms with Crippen LogP contribution >= 0.6 is 28.3 Å². The van der Waals surface area contributed by atoms with Crippen LogP contribution in [0.3, 0.4) is 0 Å². The van der Waals surface area contributed by atoms with E-state index in [1.165, 1.54) is 28.2 Å². The van der Waals surface area contributed by atoms with Crippen molar-refractivity contribution in [3.63, 3.8) is 0 Å². The fourth-order valence-corrected chi connectivity index (χ4v) is 6.06. The van der Waals surface area contributed by atoms with Crippen LogP contribution in [-0.2, 0) is 16.6 Å². The van der Waals surface area contributed by atoms with Crippen LogP contribution in [0.15, 0.2) is 58.0 Å². The van der Waals surface area contributed by atoms with Crippen LogP contribution in [-0.4, -0.2) is 60.3 Å². The number of rotatable bonds is 5. The molecule has 0 saturated carbocycles. The number of fused-ring (bicyclic) bond motifs is 1. The summed E-state index contributed by atoms with van der Waals surface area (Å²) in [6.45, 7) is 4.09. The Balaban J connectivity index is 0.00000272. The number of hydrogen-bond donors (Lipinski definition) is 0. The molecule has 0 amide bonds. The van der Waals surface area contributed by atoms with Crippen LogP contribution in [0.4, 0.5) is 5.69 Å². The largest absolute Gasteiger partial charge is 0.304 e. The average molecular weight is 530 g/mol. The summed E-state index contributed by atoms with van der Waals surface area (Å²) in [7, 11) is -1.82. The summed E-state index contributed by atoms with van der Waals surface area (Å²) in [5, 5.41) is 11.9. The van der Waals surface area contributed by atoms with Crippen molar-refractivity contribution in [1.29, 1.82) is 0 Å². The Bertz CT molecular complexity index is 1220. The zero-order valence-corrected chi connectivity index (χ0v) is 20.0. The molecule has 1 aliphatic heterocycles. The summed E-state index contributed by atoms with van der Waals surface area (Å²) in [4.78, 5) is 15.5. The predicted molar refractivity (Wildman–Crippen MR) is 125 cm³/mol. The van der Waals surface area contributed by atoms with E-state index in [2.05, 4.69) is 32.8 Å². The summed E-state index contributed by atoms with van der Waals surface area (Å²) in [6, 6.07) is 10.9. The number of halogens is 2. The molecular weight excluding hydrogens is 508 g/mol. The lowest BCUT2D eigenvalue weighted by atomic mass is 10.1. The summed E-state index contributed by atoms with van der Waals surface area (Å²) < 4.78 is 28.5. The second-order valence-corrected chi connectivity index (χ2v) is 10.1. The lowest BCUT2D eigenvalue weighted by molar-refractivity contribution is -0.384. The van der Waals surface area contributed by atoms with Crippen LogP contribution in [0.5, 0.6) is 0 Å². The molecule has 1 aliphatic rings. The molecule has 166 valence electrons. The highest BCUT2D eigenvalue weighted by Gasteiger charge is 2.25. The van der Waals surface area contributed by atoms with Gasteiger partial charge >= 0.3 is 0 Å². The fourth-order valence-electron chi connectivity index (χ4n) is 3.70. The van der Waals surface area contributed by atoms with Gasteiger partial charge in [0.1, 0.15) is 4.90 Å². The number of nitrogens with zero attached hydrogens (tertiary/aromatic N) is 4. The van der Waals surface area contributed by atoms with Crippen molar-refractivity contribution in [2.24, 2.45) is 0 Å². The van der Waals surface area contributed by atoms with Crippen LogP contribution < -0.4 is 0 Å². The summed E-state index contributed by atoms with van der Waals surface area (Å²) >= 11 is 3.32. The minimum atomic E-state index is -3.88. The van der Waals surface area contributed by atoms with Gasteiger partial charge in [0, 0.05) is 60.9 Å². The molecule has 0 N–H and O–H groups in total. The lowest BCUT2D eigenvalue weighted by Gasteiger charge is -2.32. The number of benzene rings is 2. The average Bonchev–Trinajstić information content (AvgIpc) is 3.08. The third-order valence-corrected chi connectivity index (χ3v) is 8.10. The third kappa shape index (κ3) is 4.63. The number of aromatic nitrogens is 1. The van der Waals surface area contributed by atoms with Gasteiger partial charge in [-0.2, -0.15) is 0 Å². The Morgan fingerprint density at radius 3 is 2.42 bits per heavy atom. The van der Waals surface area contributed by atoms with Gasteiger partial charge in [-0.25, -0.2) is 12.4 Å². The normalized spacial score (nSPS) is 15.7. The Hall–Kier alpha value is -1.98. The quantitative estimate of drug-likeness (QED) is 0.370. The maximum atomic E-state index is 13.4. The van der Waals surface area contributed by atoms with Crippen LogP contribution in [0, 0.1) is 10.1 Å². The topological polar surface area (TPSA) is 88.7 Å². The number of piperazine rings is 1. The maximum absolute atomic E-state index is 13.4. The van der Waals surface area contributed by atoms with Crippen molar-refractivity contribution in [3.8, 4) is 0 Å². The highest BCUT2D eigenvalue weighted by molar-refractivity contribution is 9.10. The number of likely N-dealkylation sites (N-methyl/N-ethyl adjacent to an activating group) is 1. The van der Waals surface area contributed by atoms with Crippen molar-refractivity contribution in [1.82, 2.24) is 13.8 Å². The number of non-ortho nitro benzene ring substituents is 1. The molecule has 2 heterocycles. The lowest BCUT2D eigenvalue weighted by Crippen LogP contribution is -2.43. The molecule has 3 aromatic rings. The number of nitro benzene ring substituents is 1. The third-order valence-electron chi connectivity index (χ3n) is 5.41. The van der Waals surface area contributed by atoms with Gasteiger partial charge in [0.2, 0.25) is 0 Å². The van der Waals surface area contributed by atoms with E-state index in [-0.39, 0.29) is 23.0 Å². The SMILES string of the molecule is CN1CCN(Cc2cn(S(=O)(=O)c3ccccc3Br)c3ccc([N+](=O)[O-])cc23)CC1.Cl. The molecule has 0 radical (unpaired) electrons. The maximum Gasteiger partial charge on any atom is 0.270 e. The van der Waals surface area contributed by atoms with E-state index in [0.29, 0.717) is 21.9 Å². The van der Waals surface area contributed by atoms with Gasteiger partial charge in [0.25, 0.3) is 15.7 Å². The first-order valence-corrected chi connectivity index (χ1v) is 11.7. The van der Waals surface area contributed by atoms with E-state index in [0.717, 1.165) is 31.7 Å². The van der Waals surface area contributed by atoms with Crippen molar-refractivity contribution in [3.05, 3.63) is 68.8 Å². The van der Waals surface area contributed by atoms with Gasteiger partial charge in [-0.15, -0.1) is 12.4 Å². The molecule has 0 bridgehead atoms. The van der Waals surface area contributed by atoms with E-state index in [9.17, 15) is 18.5 Å². The molecular formula is C20H22BrClN4O4S. The summed E-state index contributed by atoms with van der Waals surface area (Å²) in [5.74, 6) is 0. The second kappa shape index (κ2) is 9.25. The zero-order chi connectivity index (χ0) is 21.5. The van der Waals surface area contributed by atoms with E-state index < -0.39 is 14.9 Å². The molecule has 0 atom stereocenters. The van der Waals surface area contributed by atoms with E-state index in [1.807, 2.05) is 0 Å². The molecule has 11 heteroatoms. The van der Waals surface area contributed by atoms with Crippen LogP contribution in [0.25, 0.3) is 10.9 Å². The van der Waals surface area contributed by atoms with Gasteiger partial charge in [-0.1, -0.05) is 12.1 Å². The van der Waals surface area contributed by atoms with Crippen LogP contribution in [0.1, 0.15) is 5.56 Å². The van der Waals surface area contributed by atoms with Crippen molar-refractivity contribution in [2.75, 3.05) is 33.2 Å². The Morgan fingerprint density at radius 2 is 1.77 bits per heavy atom. The summed E-state index contributed by atoms with van der Waals surface area (Å²) in [5.41, 5.74) is 1.13. The zero-order valence-electron chi connectivity index (χ0n) is 16.8. The number of nitro groups is 1. The molecule has 1 aromatic heterocycles. The molecule has 0 unspecified atom stereocenters. The van der Waals surface area contributed by atoms with Crippen molar-refractivity contribution in [2.45, 2.75) is 11.4 Å². The van der Waals surface area contributed by atoms with Gasteiger partial charge in [0.15, 0.2) is 0 Å². The first-order valence-electron chi connectivity index (χ1n) is 9.47. The molecule has 8 nitrogen and oxygen atoms in total. The second-order valence-electron chi connectivity index (χ2n) is 7.42. The minimum absolute atomic E-state index is 0. The van der Waals surface area contributed by atoms with Gasteiger partial charge in [-0.3, -0.25) is 15.0 Å². The molecule has 1 saturated heterocycles. The fraction of sp³-hybridized carbons (Fsp3) is 0.300. The molecule has 31 heavy (non-hydrogen) atoms. The minimum Gasteiger partial charge on any atom is -0.304 e. The first kappa shape index (κ1) is 23.7. The van der Waals surface area contributed by atoms with E-state index in [1.54, 1.807) is 24.4 Å². The Kier molecular flexibility index (Phi) is 7.07. The van der Waals surface area contributed by atoms with Gasteiger partial charge in [0.05, 0.1) is 10.4 Å². The van der Waals surface area contributed by atoms with Crippen molar-refractivity contribution < 1.29 is 13.3 Å². The monoisotopic (exact) mass is 528 g/mol. The highest BCUT2D eigenvalue weighted by Crippen LogP contribution is 2.32. The van der Waals surface area contributed by atoms with Crippen LogP contribution in [0.2, 0.25) is 0 Å². The highest BCUT2D eigenvalue weighted by atomic mass is 79.9. The molecule has 0 aliphatic carbocycles. The van der Waals surface area contributed by atoms with Gasteiger partial charge < -0.3 is 4.90 Å². The first-order chi connectivity index (χ1) is 14.3. The van der Waals surface area contributed by atoms with E-state index >= 15 is 0 Å². The standard InChI is InChI=1S/C20H21BrN4O4S.ClH/c1-22-8-10-23(11-9-22)13-15-14-24(19-7-6-16(25(26)27)12-17(15)19)30(28,29)20-5-3-2-4-18(20)21;/h2-7,12,14H,8-11,13H2,1H3;1H. The van der Waals surface area contributed by atoms with Crippen molar-refractivity contribution >= 4 is 55.0 Å². The molecule has 1 fully saturated rings.